The molecule has 12 heavy (non-hydrogen) atoms. The molecule has 0 aliphatic heterocycles. The summed E-state index contributed by atoms with van der Waals surface area (Å²) in [5.74, 6) is -0.736. The molecule has 2 heteroatoms. The van der Waals surface area contributed by atoms with Crippen molar-refractivity contribution < 1.29 is 9.90 Å². The molecular formula is C10H16O2. The number of hydrogen-bond donors (Lipinski definition) is 1. The highest BCUT2D eigenvalue weighted by Gasteiger charge is 2.28. The molecule has 0 spiro atoms. The number of carbonyl (C=O) groups is 1. The first-order valence-electron chi connectivity index (χ1n) is 4.34. The molecule has 0 bridgehead atoms. The number of carboxylic acid groups (broad SMARTS) is 1. The minimum Gasteiger partial charge on any atom is -0.478 e. The fourth-order valence-electron chi connectivity index (χ4n) is 1.65. The summed E-state index contributed by atoms with van der Waals surface area (Å²) in [5.41, 5.74) is 1.86. The molecule has 0 aromatic carbocycles. The topological polar surface area (TPSA) is 37.3 Å². The summed E-state index contributed by atoms with van der Waals surface area (Å²) >= 11 is 0. The lowest BCUT2D eigenvalue weighted by Crippen LogP contribution is -2.21. The van der Waals surface area contributed by atoms with E-state index in [2.05, 4.69) is 13.8 Å². The van der Waals surface area contributed by atoms with E-state index in [9.17, 15) is 4.79 Å². The van der Waals surface area contributed by atoms with Crippen LogP contribution in [0.3, 0.4) is 0 Å². The molecule has 0 saturated carbocycles. The smallest absolute Gasteiger partial charge is 0.331 e. The van der Waals surface area contributed by atoms with Crippen molar-refractivity contribution in [2.24, 2.45) is 5.41 Å². The fourth-order valence-corrected chi connectivity index (χ4v) is 1.65. The number of hydrogen-bond acceptors (Lipinski definition) is 1. The third-order valence-corrected chi connectivity index (χ3v) is 2.61. The van der Waals surface area contributed by atoms with Gasteiger partial charge in [-0.05, 0) is 31.6 Å². The minimum atomic E-state index is -0.736. The first-order valence-corrected chi connectivity index (χ1v) is 4.34. The Kier molecular flexibility index (Phi) is 2.27. The average Bonchev–Trinajstić information content (AvgIpc) is 1.94. The average molecular weight is 168 g/mol. The zero-order chi connectivity index (χ0) is 9.35. The highest BCUT2D eigenvalue weighted by Crippen LogP contribution is 2.38. The lowest BCUT2D eigenvalue weighted by atomic mass is 9.75. The Morgan fingerprint density at radius 3 is 2.50 bits per heavy atom. The standard InChI is InChI=1S/C10H16O2/c1-7-4-5-10(2,3)6-8(7)9(11)12/h4-6H2,1-3H3,(H,11,12). The molecule has 0 radical (unpaired) electrons. The van der Waals surface area contributed by atoms with Crippen LogP contribution in [-0.2, 0) is 4.79 Å². The van der Waals surface area contributed by atoms with Crippen molar-refractivity contribution in [2.75, 3.05) is 0 Å². The SMILES string of the molecule is CC1=C(C(=O)O)CC(C)(C)CC1. The summed E-state index contributed by atoms with van der Waals surface area (Å²) in [4.78, 5) is 10.8. The Bertz CT molecular complexity index is 236. The van der Waals surface area contributed by atoms with Gasteiger partial charge in [-0.15, -0.1) is 0 Å². The van der Waals surface area contributed by atoms with Gasteiger partial charge in [0.1, 0.15) is 0 Å². The van der Waals surface area contributed by atoms with Gasteiger partial charge in [-0.3, -0.25) is 0 Å². The van der Waals surface area contributed by atoms with E-state index < -0.39 is 5.97 Å². The molecule has 1 aliphatic rings. The minimum absolute atomic E-state index is 0.174. The molecular weight excluding hydrogens is 152 g/mol. The van der Waals surface area contributed by atoms with Crippen LogP contribution in [-0.4, -0.2) is 11.1 Å². The Balaban J connectivity index is 2.89. The quantitative estimate of drug-likeness (QED) is 0.653. The van der Waals surface area contributed by atoms with Crippen molar-refractivity contribution >= 4 is 5.97 Å². The van der Waals surface area contributed by atoms with Crippen LogP contribution in [0.2, 0.25) is 0 Å². The second kappa shape index (κ2) is 2.92. The lowest BCUT2D eigenvalue weighted by molar-refractivity contribution is -0.133. The highest BCUT2D eigenvalue weighted by atomic mass is 16.4. The van der Waals surface area contributed by atoms with Crippen molar-refractivity contribution in [2.45, 2.75) is 40.0 Å². The second-order valence-electron chi connectivity index (χ2n) is 4.41. The monoisotopic (exact) mass is 168 g/mol. The second-order valence-corrected chi connectivity index (χ2v) is 4.41. The summed E-state index contributed by atoms with van der Waals surface area (Å²) < 4.78 is 0. The van der Waals surface area contributed by atoms with E-state index in [0.29, 0.717) is 12.0 Å². The summed E-state index contributed by atoms with van der Waals surface area (Å²) in [5, 5.41) is 8.88. The molecule has 1 N–H and O–H groups in total. The lowest BCUT2D eigenvalue weighted by Gasteiger charge is -2.30. The van der Waals surface area contributed by atoms with Crippen molar-refractivity contribution in [3.63, 3.8) is 0 Å². The molecule has 0 unspecified atom stereocenters. The van der Waals surface area contributed by atoms with Gasteiger partial charge in [-0.1, -0.05) is 19.4 Å². The van der Waals surface area contributed by atoms with E-state index in [1.807, 2.05) is 6.92 Å². The molecule has 0 heterocycles. The van der Waals surface area contributed by atoms with E-state index in [1.165, 1.54) is 0 Å². The van der Waals surface area contributed by atoms with Crippen molar-refractivity contribution in [1.82, 2.24) is 0 Å². The van der Waals surface area contributed by atoms with Crippen LogP contribution in [0.15, 0.2) is 11.1 Å². The molecule has 0 aromatic heterocycles. The van der Waals surface area contributed by atoms with Gasteiger partial charge in [0.2, 0.25) is 0 Å². The molecule has 0 saturated heterocycles. The van der Waals surface area contributed by atoms with Crippen LogP contribution in [0.5, 0.6) is 0 Å². The first kappa shape index (κ1) is 9.30. The van der Waals surface area contributed by atoms with E-state index in [0.717, 1.165) is 18.4 Å². The Hall–Kier alpha value is -0.790. The summed E-state index contributed by atoms with van der Waals surface area (Å²) in [6.45, 7) is 6.18. The number of carboxylic acids is 1. The first-order chi connectivity index (χ1) is 5.42. The van der Waals surface area contributed by atoms with Crippen LogP contribution in [0.1, 0.15) is 40.0 Å². The predicted molar refractivity (Wildman–Crippen MR) is 48.0 cm³/mol. The van der Waals surface area contributed by atoms with Crippen LogP contribution >= 0.6 is 0 Å². The molecule has 68 valence electrons. The summed E-state index contributed by atoms with van der Waals surface area (Å²) in [7, 11) is 0. The van der Waals surface area contributed by atoms with Gasteiger partial charge in [0, 0.05) is 5.57 Å². The maximum Gasteiger partial charge on any atom is 0.331 e. The van der Waals surface area contributed by atoms with Crippen molar-refractivity contribution in [1.29, 1.82) is 0 Å². The van der Waals surface area contributed by atoms with Crippen molar-refractivity contribution in [3.8, 4) is 0 Å². The molecule has 0 fully saturated rings. The van der Waals surface area contributed by atoms with Crippen LogP contribution in [0, 0.1) is 5.41 Å². The van der Waals surface area contributed by atoms with Crippen LogP contribution < -0.4 is 0 Å². The Morgan fingerprint density at radius 1 is 1.50 bits per heavy atom. The molecule has 1 aliphatic carbocycles. The summed E-state index contributed by atoms with van der Waals surface area (Å²) in [6, 6.07) is 0. The van der Waals surface area contributed by atoms with Crippen LogP contribution in [0.4, 0.5) is 0 Å². The molecule has 2 nitrogen and oxygen atoms in total. The zero-order valence-electron chi connectivity index (χ0n) is 7.98. The normalized spacial score (nSPS) is 22.6. The van der Waals surface area contributed by atoms with E-state index in [-0.39, 0.29) is 5.41 Å². The third kappa shape index (κ3) is 1.87. The van der Waals surface area contributed by atoms with Gasteiger partial charge in [0.15, 0.2) is 0 Å². The van der Waals surface area contributed by atoms with Gasteiger partial charge >= 0.3 is 5.97 Å². The zero-order valence-corrected chi connectivity index (χ0v) is 7.98. The van der Waals surface area contributed by atoms with Gasteiger partial charge < -0.3 is 5.11 Å². The van der Waals surface area contributed by atoms with E-state index >= 15 is 0 Å². The molecule has 0 amide bonds. The van der Waals surface area contributed by atoms with Gasteiger partial charge in [0.05, 0.1) is 0 Å². The molecule has 1 rings (SSSR count). The van der Waals surface area contributed by atoms with Crippen LogP contribution in [0.25, 0.3) is 0 Å². The maximum atomic E-state index is 10.8. The highest BCUT2D eigenvalue weighted by molar-refractivity contribution is 5.87. The number of allylic oxidation sites excluding steroid dienone is 1. The van der Waals surface area contributed by atoms with E-state index in [1.54, 1.807) is 0 Å². The predicted octanol–water partition coefficient (Wildman–Crippen LogP) is 2.60. The number of aliphatic carboxylic acids is 1. The molecule has 0 atom stereocenters. The van der Waals surface area contributed by atoms with Crippen molar-refractivity contribution in [3.05, 3.63) is 11.1 Å². The van der Waals surface area contributed by atoms with E-state index in [4.69, 9.17) is 5.11 Å². The Morgan fingerprint density at radius 2 is 2.08 bits per heavy atom. The van der Waals surface area contributed by atoms with Gasteiger partial charge in [0.25, 0.3) is 0 Å². The third-order valence-electron chi connectivity index (χ3n) is 2.61. The van der Waals surface area contributed by atoms with Gasteiger partial charge in [-0.2, -0.15) is 0 Å². The Labute approximate surface area is 73.3 Å². The largest absolute Gasteiger partial charge is 0.478 e. The number of rotatable bonds is 1. The maximum absolute atomic E-state index is 10.8. The molecule has 0 aromatic rings. The fraction of sp³-hybridized carbons (Fsp3) is 0.700. The summed E-state index contributed by atoms with van der Waals surface area (Å²) in [6.07, 6.45) is 2.76. The van der Waals surface area contributed by atoms with Gasteiger partial charge in [-0.25, -0.2) is 4.79 Å².